The molecular formula is C51H32N6. The zero-order valence-electron chi connectivity index (χ0n) is 30.7. The van der Waals surface area contributed by atoms with E-state index in [-0.39, 0.29) is 0 Å². The van der Waals surface area contributed by atoms with Gasteiger partial charge >= 0.3 is 0 Å². The summed E-state index contributed by atoms with van der Waals surface area (Å²) in [5.74, 6) is 0.631. The lowest BCUT2D eigenvalue weighted by Gasteiger charge is -2.12. The van der Waals surface area contributed by atoms with Gasteiger partial charge in [0.2, 0.25) is 5.95 Å². The van der Waals surface area contributed by atoms with Gasteiger partial charge in [-0.25, -0.2) is 9.97 Å². The van der Waals surface area contributed by atoms with Crippen molar-refractivity contribution in [3.05, 3.63) is 194 Å². The lowest BCUT2D eigenvalue weighted by atomic mass is 10.1. The molecule has 0 atom stereocenters. The fourth-order valence-corrected chi connectivity index (χ4v) is 8.89. The van der Waals surface area contributed by atoms with Crippen LogP contribution in [0.2, 0.25) is 0 Å². The number of nitrogens with zero attached hydrogens (tertiary/aromatic N) is 6. The molecule has 0 bridgehead atoms. The normalized spacial score (nSPS) is 11.9. The minimum Gasteiger partial charge on any atom is -0.309 e. The fraction of sp³-hybridized carbons (Fsp3) is 0. The zero-order valence-corrected chi connectivity index (χ0v) is 30.7. The molecule has 5 heterocycles. The molecule has 0 aliphatic heterocycles. The Hall–Kier alpha value is -7.83. The Morgan fingerprint density at radius 3 is 1.65 bits per heavy atom. The SMILES string of the molecule is c1ccc(-c2cc(-c3ccccc3)nc(-n3c4ccccc4c4c3ccc3c5ccccc5n(-c5ccc6c(c5)c5cnccc5n6-c5ccccc5)c34)n2)cc1. The van der Waals surface area contributed by atoms with Crippen LogP contribution in [0.4, 0.5) is 0 Å². The van der Waals surface area contributed by atoms with Crippen molar-refractivity contribution in [2.45, 2.75) is 0 Å². The van der Waals surface area contributed by atoms with Gasteiger partial charge in [-0.15, -0.1) is 0 Å². The molecule has 266 valence electrons. The number of hydrogen-bond acceptors (Lipinski definition) is 3. The van der Waals surface area contributed by atoms with Gasteiger partial charge in [0, 0.05) is 67.2 Å². The first-order valence-corrected chi connectivity index (χ1v) is 19.2. The molecule has 0 aliphatic carbocycles. The second-order valence-electron chi connectivity index (χ2n) is 14.5. The lowest BCUT2D eigenvalue weighted by Crippen LogP contribution is -2.04. The monoisotopic (exact) mass is 728 g/mol. The maximum absolute atomic E-state index is 5.30. The maximum Gasteiger partial charge on any atom is 0.235 e. The van der Waals surface area contributed by atoms with Crippen LogP contribution in [0.15, 0.2) is 194 Å². The van der Waals surface area contributed by atoms with Crippen LogP contribution in [0.5, 0.6) is 0 Å². The third kappa shape index (κ3) is 4.74. The van der Waals surface area contributed by atoms with Crippen molar-refractivity contribution in [1.29, 1.82) is 0 Å². The van der Waals surface area contributed by atoms with Crippen molar-refractivity contribution in [2.24, 2.45) is 0 Å². The molecule has 0 saturated carbocycles. The molecular weight excluding hydrogens is 697 g/mol. The maximum atomic E-state index is 5.30. The molecule has 6 heteroatoms. The van der Waals surface area contributed by atoms with E-state index in [0.717, 1.165) is 88.5 Å². The minimum atomic E-state index is 0.631. The van der Waals surface area contributed by atoms with Crippen molar-refractivity contribution in [1.82, 2.24) is 28.7 Å². The molecule has 0 unspecified atom stereocenters. The Morgan fingerprint density at radius 1 is 0.351 bits per heavy atom. The molecule has 57 heavy (non-hydrogen) atoms. The molecule has 0 N–H and O–H groups in total. The molecule has 0 radical (unpaired) electrons. The number of aromatic nitrogens is 6. The second-order valence-corrected chi connectivity index (χ2v) is 14.5. The van der Waals surface area contributed by atoms with E-state index in [4.69, 9.17) is 9.97 Å². The molecule has 6 nitrogen and oxygen atoms in total. The molecule has 7 aromatic carbocycles. The Kier molecular flexibility index (Phi) is 6.83. The first kappa shape index (κ1) is 31.5. The van der Waals surface area contributed by atoms with Gasteiger partial charge in [0.1, 0.15) is 0 Å². The molecule has 0 amide bonds. The summed E-state index contributed by atoms with van der Waals surface area (Å²) < 4.78 is 7.02. The van der Waals surface area contributed by atoms with E-state index in [9.17, 15) is 0 Å². The van der Waals surface area contributed by atoms with E-state index >= 15 is 0 Å². The Balaban J connectivity index is 1.18. The highest BCUT2D eigenvalue weighted by Gasteiger charge is 2.23. The van der Waals surface area contributed by atoms with Crippen molar-refractivity contribution in [3.8, 4) is 39.8 Å². The largest absolute Gasteiger partial charge is 0.309 e. The van der Waals surface area contributed by atoms with Crippen molar-refractivity contribution in [3.63, 3.8) is 0 Å². The van der Waals surface area contributed by atoms with E-state index in [1.165, 1.54) is 10.8 Å². The standard InChI is InChI=1S/C51H32N6/c1-4-14-33(15-5-1)42-31-43(34-16-6-2-7-17-34)54-51(53-42)57-45-23-13-11-21-39(45)49-48(57)27-25-38-37-20-10-12-22-44(37)56(50(38)49)36-24-26-46-40(30-36)41-32-52-29-28-47(41)55(46)35-18-8-3-9-19-35/h1-32H. The van der Waals surface area contributed by atoms with Crippen molar-refractivity contribution >= 4 is 65.4 Å². The summed E-state index contributed by atoms with van der Waals surface area (Å²) in [5, 5.41) is 6.96. The summed E-state index contributed by atoms with van der Waals surface area (Å²) in [7, 11) is 0. The Morgan fingerprint density at radius 2 is 0.930 bits per heavy atom. The molecule has 0 aliphatic rings. The average Bonchev–Trinajstić information content (AvgIpc) is 3.92. The van der Waals surface area contributed by atoms with Crippen LogP contribution in [0.1, 0.15) is 0 Å². The van der Waals surface area contributed by atoms with Crippen LogP contribution in [-0.2, 0) is 0 Å². The van der Waals surface area contributed by atoms with E-state index in [1.807, 2.05) is 24.5 Å². The van der Waals surface area contributed by atoms with Gasteiger partial charge in [0.15, 0.2) is 0 Å². The van der Waals surface area contributed by atoms with Gasteiger partial charge in [-0.2, -0.15) is 0 Å². The van der Waals surface area contributed by atoms with Gasteiger partial charge in [-0.3, -0.25) is 9.55 Å². The minimum absolute atomic E-state index is 0.631. The Labute approximate surface area is 327 Å². The first-order valence-electron chi connectivity index (χ1n) is 19.2. The van der Waals surface area contributed by atoms with Crippen LogP contribution < -0.4 is 0 Å². The highest BCUT2D eigenvalue weighted by atomic mass is 15.2. The average molecular weight is 729 g/mol. The molecule has 12 aromatic rings. The Bertz CT molecular complexity index is 3450. The molecule has 0 saturated heterocycles. The summed E-state index contributed by atoms with van der Waals surface area (Å²) >= 11 is 0. The predicted octanol–water partition coefficient (Wildman–Crippen LogP) is 12.5. The van der Waals surface area contributed by atoms with Gasteiger partial charge in [-0.1, -0.05) is 121 Å². The molecule has 0 fully saturated rings. The molecule has 5 aromatic heterocycles. The highest BCUT2D eigenvalue weighted by molar-refractivity contribution is 6.26. The van der Waals surface area contributed by atoms with Crippen LogP contribution >= 0.6 is 0 Å². The second kappa shape index (κ2) is 12.3. The van der Waals surface area contributed by atoms with E-state index in [2.05, 4.69) is 189 Å². The number of para-hydroxylation sites is 3. The van der Waals surface area contributed by atoms with Gasteiger partial charge in [-0.05, 0) is 60.7 Å². The number of rotatable bonds is 5. The molecule has 12 rings (SSSR count). The fourth-order valence-electron chi connectivity index (χ4n) is 8.89. The van der Waals surface area contributed by atoms with E-state index < -0.39 is 0 Å². The topological polar surface area (TPSA) is 53.5 Å². The summed E-state index contributed by atoms with van der Waals surface area (Å²) in [6.07, 6.45) is 3.87. The number of benzene rings is 7. The smallest absolute Gasteiger partial charge is 0.235 e. The lowest BCUT2D eigenvalue weighted by molar-refractivity contribution is 0.996. The summed E-state index contributed by atoms with van der Waals surface area (Å²) in [4.78, 5) is 15.2. The highest BCUT2D eigenvalue weighted by Crippen LogP contribution is 2.43. The summed E-state index contributed by atoms with van der Waals surface area (Å²) in [5.41, 5.74) is 12.7. The van der Waals surface area contributed by atoms with E-state index in [1.54, 1.807) is 0 Å². The van der Waals surface area contributed by atoms with Gasteiger partial charge in [0.25, 0.3) is 0 Å². The summed E-state index contributed by atoms with van der Waals surface area (Å²) in [6.45, 7) is 0. The van der Waals surface area contributed by atoms with Crippen LogP contribution in [0.3, 0.4) is 0 Å². The van der Waals surface area contributed by atoms with Crippen LogP contribution in [-0.4, -0.2) is 28.7 Å². The van der Waals surface area contributed by atoms with Crippen LogP contribution in [0.25, 0.3) is 105 Å². The third-order valence-electron chi connectivity index (χ3n) is 11.3. The predicted molar refractivity (Wildman–Crippen MR) is 234 cm³/mol. The van der Waals surface area contributed by atoms with E-state index in [0.29, 0.717) is 5.95 Å². The van der Waals surface area contributed by atoms with Crippen molar-refractivity contribution < 1.29 is 0 Å². The zero-order chi connectivity index (χ0) is 37.5. The van der Waals surface area contributed by atoms with Gasteiger partial charge in [0.05, 0.1) is 44.5 Å². The number of pyridine rings is 1. The quantitative estimate of drug-likeness (QED) is 0.177. The molecule has 0 spiro atoms. The van der Waals surface area contributed by atoms with Crippen molar-refractivity contribution in [2.75, 3.05) is 0 Å². The number of hydrogen-bond donors (Lipinski definition) is 0. The number of fused-ring (bicyclic) bond motifs is 10. The van der Waals surface area contributed by atoms with Crippen LogP contribution in [0, 0.1) is 0 Å². The first-order chi connectivity index (χ1) is 28.3. The summed E-state index contributed by atoms with van der Waals surface area (Å²) in [6, 6.07) is 64.3. The van der Waals surface area contributed by atoms with Gasteiger partial charge < -0.3 is 9.13 Å². The third-order valence-corrected chi connectivity index (χ3v) is 11.3.